The second kappa shape index (κ2) is 6.41. The molecule has 1 N–H and O–H groups in total. The lowest BCUT2D eigenvalue weighted by molar-refractivity contribution is 0.170. The molecule has 0 aliphatic rings. The van der Waals surface area contributed by atoms with Crippen LogP contribution in [-0.4, -0.2) is 39.3 Å². The van der Waals surface area contributed by atoms with Gasteiger partial charge in [0, 0.05) is 17.3 Å². The molecule has 0 aromatic carbocycles. The minimum atomic E-state index is -0.302. The molecule has 19 heavy (non-hydrogen) atoms. The van der Waals surface area contributed by atoms with E-state index in [4.69, 9.17) is 0 Å². The Morgan fingerprint density at radius 3 is 1.95 bits per heavy atom. The summed E-state index contributed by atoms with van der Waals surface area (Å²) in [6.07, 6.45) is 0. The number of hydrogen-bond donors (Lipinski definition) is 1. The van der Waals surface area contributed by atoms with Crippen LogP contribution in [0, 0.1) is 0 Å². The summed E-state index contributed by atoms with van der Waals surface area (Å²) in [4.78, 5) is 28.9. The second-order valence-corrected chi connectivity index (χ2v) is 8.12. The number of carbonyl (C=O) groups excluding carboxylic acids is 2. The Bertz CT molecular complexity index is 378. The molecule has 0 radical (unpaired) electrons. The van der Waals surface area contributed by atoms with E-state index in [2.05, 4.69) is 10.3 Å². The van der Waals surface area contributed by atoms with Crippen LogP contribution in [0.15, 0.2) is 4.99 Å². The van der Waals surface area contributed by atoms with Crippen LogP contribution in [0.2, 0.25) is 0 Å². The molecule has 110 valence electrons. The van der Waals surface area contributed by atoms with Crippen LogP contribution in [-0.2, 0) is 0 Å². The molecule has 0 saturated heterocycles. The maximum Gasteiger partial charge on any atom is 0.322 e. The number of aliphatic imine (C=N–C) groups is 1. The predicted octanol–water partition coefficient (Wildman–Crippen LogP) is 3.50. The van der Waals surface area contributed by atoms with Crippen molar-refractivity contribution < 1.29 is 9.59 Å². The van der Waals surface area contributed by atoms with Gasteiger partial charge in [0.05, 0.1) is 0 Å². The fraction of sp³-hybridized carbons (Fsp3) is 0.769. The number of nitrogens with one attached hydrogen (secondary N) is 1. The molecule has 0 aromatic heterocycles. The molecular formula is C13H25N3O2S. The highest BCUT2D eigenvalue weighted by Gasteiger charge is 2.23. The van der Waals surface area contributed by atoms with E-state index in [1.54, 1.807) is 18.9 Å². The smallest absolute Gasteiger partial charge is 0.322 e. The van der Waals surface area contributed by atoms with Gasteiger partial charge in [0.1, 0.15) is 5.84 Å². The van der Waals surface area contributed by atoms with Gasteiger partial charge in [-0.1, -0.05) is 32.5 Å². The lowest BCUT2D eigenvalue weighted by atomic mass is 10.1. The highest BCUT2D eigenvalue weighted by molar-refractivity contribution is 8.14. The molecule has 0 atom stereocenters. The number of hydrogen-bond acceptors (Lipinski definition) is 3. The average molecular weight is 287 g/mol. The summed E-state index contributed by atoms with van der Waals surface area (Å²) in [5, 5.41) is 2.30. The van der Waals surface area contributed by atoms with E-state index in [-0.39, 0.29) is 21.6 Å². The molecule has 0 spiro atoms. The summed E-state index contributed by atoms with van der Waals surface area (Å²) in [6.45, 7) is 13.2. The average Bonchev–Trinajstić information content (AvgIpc) is 2.10. The maximum absolute atomic E-state index is 11.9. The van der Waals surface area contributed by atoms with Crippen LogP contribution < -0.4 is 5.32 Å². The van der Waals surface area contributed by atoms with E-state index in [0.717, 1.165) is 11.8 Å². The number of rotatable bonds is 0. The third kappa shape index (κ3) is 7.87. The highest BCUT2D eigenvalue weighted by Crippen LogP contribution is 2.24. The SMILES string of the molecule is C/C(=N/C(=O)SC(C)(C)C)NC(=O)N(C)C(C)(C)C. The standard InChI is InChI=1S/C13H25N3O2S/c1-9(15-11(18)19-13(5,6)7)14-10(17)16(8)12(2,3)4/h1-8H3,(H,14,15,17,18). The summed E-state index contributed by atoms with van der Waals surface area (Å²) in [5.74, 6) is 0.308. The van der Waals surface area contributed by atoms with Gasteiger partial charge in [-0.15, -0.1) is 0 Å². The Balaban J connectivity index is 4.58. The Kier molecular flexibility index (Phi) is 6.06. The van der Waals surface area contributed by atoms with Crippen LogP contribution in [0.25, 0.3) is 0 Å². The summed E-state index contributed by atoms with van der Waals surface area (Å²) in [6, 6.07) is -0.276. The van der Waals surface area contributed by atoms with Gasteiger partial charge < -0.3 is 4.90 Å². The summed E-state index contributed by atoms with van der Waals surface area (Å²) >= 11 is 1.13. The first-order chi connectivity index (χ1) is 8.33. The molecular weight excluding hydrogens is 262 g/mol. The molecule has 0 aliphatic heterocycles. The van der Waals surface area contributed by atoms with Crippen molar-refractivity contribution in [1.29, 1.82) is 0 Å². The van der Waals surface area contributed by atoms with Gasteiger partial charge in [0.15, 0.2) is 0 Å². The minimum Gasteiger partial charge on any atom is -0.323 e. The summed E-state index contributed by atoms with van der Waals surface area (Å²) < 4.78 is -0.187. The Hall–Kier alpha value is -1.04. The summed E-state index contributed by atoms with van der Waals surface area (Å²) in [5.41, 5.74) is -0.283. The fourth-order valence-electron chi connectivity index (χ4n) is 0.993. The van der Waals surface area contributed by atoms with Crippen molar-refractivity contribution in [2.75, 3.05) is 7.05 Å². The molecule has 3 amide bonds. The van der Waals surface area contributed by atoms with Crippen molar-refractivity contribution in [2.45, 2.75) is 58.8 Å². The molecule has 0 fully saturated rings. The second-order valence-electron chi connectivity index (χ2n) is 6.34. The summed E-state index contributed by atoms with van der Waals surface area (Å²) in [7, 11) is 1.70. The quantitative estimate of drug-likeness (QED) is 0.548. The molecule has 0 heterocycles. The lowest BCUT2D eigenvalue weighted by Gasteiger charge is -2.31. The Morgan fingerprint density at radius 1 is 1.11 bits per heavy atom. The molecule has 0 bridgehead atoms. The van der Waals surface area contributed by atoms with Crippen molar-refractivity contribution in [2.24, 2.45) is 4.99 Å². The van der Waals surface area contributed by atoms with Crippen LogP contribution in [0.3, 0.4) is 0 Å². The monoisotopic (exact) mass is 287 g/mol. The van der Waals surface area contributed by atoms with Crippen molar-refractivity contribution in [3.05, 3.63) is 0 Å². The van der Waals surface area contributed by atoms with E-state index in [1.807, 2.05) is 41.5 Å². The van der Waals surface area contributed by atoms with E-state index >= 15 is 0 Å². The number of thioether (sulfide) groups is 1. The zero-order valence-corrected chi connectivity index (χ0v) is 13.9. The van der Waals surface area contributed by atoms with Gasteiger partial charge in [-0.05, 0) is 27.7 Å². The van der Waals surface area contributed by atoms with Gasteiger partial charge in [-0.2, -0.15) is 4.99 Å². The van der Waals surface area contributed by atoms with Crippen LogP contribution in [0.4, 0.5) is 9.59 Å². The number of urea groups is 1. The number of carbonyl (C=O) groups is 2. The normalized spacial score (nSPS) is 13.2. The molecule has 0 unspecified atom stereocenters. The minimum absolute atomic E-state index is 0.187. The van der Waals surface area contributed by atoms with Gasteiger partial charge in [-0.3, -0.25) is 10.1 Å². The molecule has 0 aromatic rings. The zero-order valence-electron chi connectivity index (χ0n) is 13.1. The van der Waals surface area contributed by atoms with E-state index in [1.165, 1.54) is 0 Å². The van der Waals surface area contributed by atoms with Gasteiger partial charge >= 0.3 is 11.3 Å². The molecule has 0 saturated carbocycles. The van der Waals surface area contributed by atoms with Crippen LogP contribution >= 0.6 is 11.8 Å². The Labute approximate surface area is 120 Å². The molecule has 0 rings (SSSR count). The van der Waals surface area contributed by atoms with E-state index in [9.17, 15) is 9.59 Å². The van der Waals surface area contributed by atoms with Gasteiger partial charge in [0.2, 0.25) is 0 Å². The Morgan fingerprint density at radius 2 is 1.58 bits per heavy atom. The predicted molar refractivity (Wildman–Crippen MR) is 81.9 cm³/mol. The largest absolute Gasteiger partial charge is 0.323 e. The first-order valence-corrected chi connectivity index (χ1v) is 6.97. The van der Waals surface area contributed by atoms with E-state index in [0.29, 0.717) is 5.84 Å². The molecule has 5 nitrogen and oxygen atoms in total. The topological polar surface area (TPSA) is 61.8 Å². The maximum atomic E-state index is 11.9. The number of amidine groups is 1. The highest BCUT2D eigenvalue weighted by atomic mass is 32.2. The first-order valence-electron chi connectivity index (χ1n) is 6.16. The van der Waals surface area contributed by atoms with E-state index < -0.39 is 0 Å². The molecule has 6 heteroatoms. The fourth-order valence-corrected chi connectivity index (χ4v) is 1.70. The zero-order chi connectivity index (χ0) is 15.4. The first kappa shape index (κ1) is 18.0. The lowest BCUT2D eigenvalue weighted by Crippen LogP contribution is -2.49. The number of nitrogens with zero attached hydrogens (tertiary/aromatic N) is 2. The van der Waals surface area contributed by atoms with Crippen molar-refractivity contribution >= 4 is 28.9 Å². The third-order valence-electron chi connectivity index (χ3n) is 2.25. The van der Waals surface area contributed by atoms with Gasteiger partial charge in [0.25, 0.3) is 0 Å². The van der Waals surface area contributed by atoms with Crippen LogP contribution in [0.1, 0.15) is 48.5 Å². The van der Waals surface area contributed by atoms with Gasteiger partial charge in [-0.25, -0.2) is 4.79 Å². The number of amides is 3. The van der Waals surface area contributed by atoms with Crippen LogP contribution in [0.5, 0.6) is 0 Å². The van der Waals surface area contributed by atoms with Crippen molar-refractivity contribution in [3.8, 4) is 0 Å². The third-order valence-corrected chi connectivity index (χ3v) is 3.13. The van der Waals surface area contributed by atoms with Crippen molar-refractivity contribution in [3.63, 3.8) is 0 Å². The van der Waals surface area contributed by atoms with Crippen molar-refractivity contribution in [1.82, 2.24) is 10.2 Å². The molecule has 0 aliphatic carbocycles.